The predicted molar refractivity (Wildman–Crippen MR) is 78.7 cm³/mol. The molecule has 0 atom stereocenters. The first-order chi connectivity index (χ1) is 9.79. The molecule has 0 aliphatic rings. The molecule has 2 rings (SSSR count). The number of hydrogen-bond donors (Lipinski definition) is 2. The highest BCUT2D eigenvalue weighted by atomic mass is 16.1. The van der Waals surface area contributed by atoms with Gasteiger partial charge in [-0.3, -0.25) is 9.78 Å². The first-order valence-corrected chi connectivity index (χ1v) is 6.72. The Balaban J connectivity index is 1.80. The fraction of sp³-hybridized carbons (Fsp3) is 0.250. The number of benzene rings is 1. The zero-order chi connectivity index (χ0) is 14.2. The molecule has 0 spiro atoms. The van der Waals surface area contributed by atoms with Crippen LogP contribution in [0.5, 0.6) is 0 Å². The lowest BCUT2D eigenvalue weighted by Crippen LogP contribution is -2.23. The van der Waals surface area contributed by atoms with Gasteiger partial charge in [0, 0.05) is 31.9 Å². The minimum Gasteiger partial charge on any atom is -0.352 e. The van der Waals surface area contributed by atoms with Crippen molar-refractivity contribution in [2.24, 2.45) is 5.73 Å². The average Bonchev–Trinajstić information content (AvgIpc) is 2.52. The lowest BCUT2D eigenvalue weighted by atomic mass is 10.1. The first-order valence-electron chi connectivity index (χ1n) is 6.72. The molecule has 0 saturated carbocycles. The molecule has 104 valence electrons. The van der Waals surface area contributed by atoms with E-state index < -0.39 is 0 Å². The Morgan fingerprint density at radius 1 is 1.15 bits per heavy atom. The van der Waals surface area contributed by atoms with Crippen LogP contribution >= 0.6 is 0 Å². The minimum absolute atomic E-state index is 0.0423. The highest BCUT2D eigenvalue weighted by Crippen LogP contribution is 2.07. The van der Waals surface area contributed by atoms with Crippen LogP contribution in [0.15, 0.2) is 48.8 Å². The van der Waals surface area contributed by atoms with E-state index in [0.717, 1.165) is 16.7 Å². The van der Waals surface area contributed by atoms with Crippen molar-refractivity contribution in [3.05, 3.63) is 65.5 Å². The Hall–Kier alpha value is -2.20. The Bertz CT molecular complexity index is 555. The van der Waals surface area contributed by atoms with Crippen LogP contribution in [0.1, 0.15) is 23.1 Å². The maximum Gasteiger partial charge on any atom is 0.220 e. The molecule has 0 aliphatic heterocycles. The fourth-order valence-corrected chi connectivity index (χ4v) is 2.02. The van der Waals surface area contributed by atoms with Gasteiger partial charge in [-0.1, -0.05) is 30.3 Å². The molecule has 1 amide bonds. The summed E-state index contributed by atoms with van der Waals surface area (Å²) in [4.78, 5) is 15.9. The summed E-state index contributed by atoms with van der Waals surface area (Å²) in [5.74, 6) is 0.0423. The molecule has 4 nitrogen and oxygen atoms in total. The van der Waals surface area contributed by atoms with Crippen molar-refractivity contribution < 1.29 is 4.79 Å². The minimum atomic E-state index is 0.0423. The van der Waals surface area contributed by atoms with Crippen LogP contribution in [-0.2, 0) is 24.3 Å². The highest BCUT2D eigenvalue weighted by Gasteiger charge is 2.04. The van der Waals surface area contributed by atoms with Crippen LogP contribution in [0.25, 0.3) is 0 Å². The molecule has 0 aliphatic carbocycles. The second-order valence-corrected chi connectivity index (χ2v) is 4.61. The summed E-state index contributed by atoms with van der Waals surface area (Å²) in [6.45, 7) is 1.01. The predicted octanol–water partition coefficient (Wildman–Crippen LogP) is 1.79. The van der Waals surface area contributed by atoms with Gasteiger partial charge in [-0.05, 0) is 29.2 Å². The fourth-order valence-electron chi connectivity index (χ4n) is 2.02. The normalized spacial score (nSPS) is 10.2. The molecule has 3 N–H and O–H groups in total. The zero-order valence-electron chi connectivity index (χ0n) is 11.4. The summed E-state index contributed by atoms with van der Waals surface area (Å²) in [6, 6.07) is 11.7. The topological polar surface area (TPSA) is 68.0 Å². The molecule has 0 fully saturated rings. The van der Waals surface area contributed by atoms with Gasteiger partial charge < -0.3 is 11.1 Å². The number of rotatable bonds is 6. The molecule has 0 unspecified atom stereocenters. The summed E-state index contributed by atoms with van der Waals surface area (Å²) >= 11 is 0. The SMILES string of the molecule is NCc1ccccc1CNC(=O)CCc1cccnc1. The van der Waals surface area contributed by atoms with Gasteiger partial charge in [0.1, 0.15) is 0 Å². The van der Waals surface area contributed by atoms with Crippen molar-refractivity contribution in [2.45, 2.75) is 25.9 Å². The summed E-state index contributed by atoms with van der Waals surface area (Å²) in [5, 5.41) is 2.93. The van der Waals surface area contributed by atoms with Gasteiger partial charge in [0.05, 0.1) is 0 Å². The van der Waals surface area contributed by atoms with Gasteiger partial charge in [0.15, 0.2) is 0 Å². The van der Waals surface area contributed by atoms with Crippen LogP contribution in [0, 0.1) is 0 Å². The van der Waals surface area contributed by atoms with E-state index in [4.69, 9.17) is 5.73 Å². The lowest BCUT2D eigenvalue weighted by molar-refractivity contribution is -0.121. The molecule has 0 bridgehead atoms. The first kappa shape index (κ1) is 14.2. The number of amides is 1. The Morgan fingerprint density at radius 3 is 2.65 bits per heavy atom. The number of carbonyl (C=O) groups is 1. The van der Waals surface area contributed by atoms with Crippen molar-refractivity contribution in [3.63, 3.8) is 0 Å². The summed E-state index contributed by atoms with van der Waals surface area (Å²) in [7, 11) is 0. The van der Waals surface area contributed by atoms with Gasteiger partial charge in [-0.25, -0.2) is 0 Å². The summed E-state index contributed by atoms with van der Waals surface area (Å²) in [6.07, 6.45) is 4.69. The van der Waals surface area contributed by atoms with Gasteiger partial charge in [0.25, 0.3) is 0 Å². The van der Waals surface area contributed by atoms with E-state index in [-0.39, 0.29) is 5.91 Å². The maximum atomic E-state index is 11.8. The van der Waals surface area contributed by atoms with Crippen LogP contribution < -0.4 is 11.1 Å². The number of nitrogens with two attached hydrogens (primary N) is 1. The number of aromatic nitrogens is 1. The van der Waals surface area contributed by atoms with E-state index in [1.807, 2.05) is 36.4 Å². The van der Waals surface area contributed by atoms with E-state index in [2.05, 4.69) is 10.3 Å². The van der Waals surface area contributed by atoms with E-state index in [1.165, 1.54) is 0 Å². The van der Waals surface area contributed by atoms with E-state index in [0.29, 0.717) is 25.9 Å². The quantitative estimate of drug-likeness (QED) is 0.840. The molecule has 4 heteroatoms. The zero-order valence-corrected chi connectivity index (χ0v) is 11.4. The molecule has 2 aromatic rings. The van der Waals surface area contributed by atoms with E-state index in [9.17, 15) is 4.79 Å². The molecule has 1 aromatic carbocycles. The van der Waals surface area contributed by atoms with Gasteiger partial charge in [-0.2, -0.15) is 0 Å². The van der Waals surface area contributed by atoms with E-state index in [1.54, 1.807) is 12.4 Å². The number of nitrogens with one attached hydrogen (secondary N) is 1. The Morgan fingerprint density at radius 2 is 1.95 bits per heavy atom. The van der Waals surface area contributed by atoms with Crippen molar-refractivity contribution >= 4 is 5.91 Å². The van der Waals surface area contributed by atoms with Crippen molar-refractivity contribution in [3.8, 4) is 0 Å². The van der Waals surface area contributed by atoms with Gasteiger partial charge >= 0.3 is 0 Å². The van der Waals surface area contributed by atoms with Crippen molar-refractivity contribution in [1.29, 1.82) is 0 Å². The van der Waals surface area contributed by atoms with Gasteiger partial charge in [0.2, 0.25) is 5.91 Å². The van der Waals surface area contributed by atoms with Crippen LogP contribution in [0.2, 0.25) is 0 Å². The smallest absolute Gasteiger partial charge is 0.220 e. The maximum absolute atomic E-state index is 11.8. The monoisotopic (exact) mass is 269 g/mol. The molecule has 1 heterocycles. The van der Waals surface area contributed by atoms with Crippen molar-refractivity contribution in [2.75, 3.05) is 0 Å². The Kier molecular flexibility index (Phi) is 5.26. The summed E-state index contributed by atoms with van der Waals surface area (Å²) in [5.41, 5.74) is 8.89. The molecule has 20 heavy (non-hydrogen) atoms. The average molecular weight is 269 g/mol. The van der Waals surface area contributed by atoms with Crippen LogP contribution in [-0.4, -0.2) is 10.9 Å². The Labute approximate surface area is 119 Å². The third kappa shape index (κ3) is 4.17. The number of pyridine rings is 1. The largest absolute Gasteiger partial charge is 0.352 e. The molecular formula is C16H19N3O. The number of carbonyl (C=O) groups excluding carboxylic acids is 1. The summed E-state index contributed by atoms with van der Waals surface area (Å²) < 4.78 is 0. The van der Waals surface area contributed by atoms with Crippen LogP contribution in [0.3, 0.4) is 0 Å². The second-order valence-electron chi connectivity index (χ2n) is 4.61. The number of aryl methyl sites for hydroxylation is 1. The standard InChI is InChI=1S/C16H19N3O/c17-10-14-5-1-2-6-15(14)12-19-16(20)8-7-13-4-3-9-18-11-13/h1-6,9,11H,7-8,10,12,17H2,(H,19,20). The molecular weight excluding hydrogens is 250 g/mol. The van der Waals surface area contributed by atoms with Crippen LogP contribution in [0.4, 0.5) is 0 Å². The molecule has 0 saturated heterocycles. The third-order valence-corrected chi connectivity index (χ3v) is 3.18. The number of nitrogens with zero attached hydrogens (tertiary/aromatic N) is 1. The van der Waals surface area contributed by atoms with Gasteiger partial charge in [-0.15, -0.1) is 0 Å². The van der Waals surface area contributed by atoms with Crippen molar-refractivity contribution in [1.82, 2.24) is 10.3 Å². The molecule has 1 aromatic heterocycles. The molecule has 0 radical (unpaired) electrons. The second kappa shape index (κ2) is 7.40. The highest BCUT2D eigenvalue weighted by molar-refractivity contribution is 5.76. The number of hydrogen-bond acceptors (Lipinski definition) is 3. The third-order valence-electron chi connectivity index (χ3n) is 3.18. The van der Waals surface area contributed by atoms with E-state index >= 15 is 0 Å². The lowest BCUT2D eigenvalue weighted by Gasteiger charge is -2.09.